The maximum absolute atomic E-state index is 14.1. The zero-order valence-corrected chi connectivity index (χ0v) is 51.8. The van der Waals surface area contributed by atoms with Crippen molar-refractivity contribution in [2.75, 3.05) is 26.2 Å². The maximum atomic E-state index is 14.1. The lowest BCUT2D eigenvalue weighted by Gasteiger charge is -2.30. The van der Waals surface area contributed by atoms with Crippen LogP contribution in [0.5, 0.6) is 0 Å². The number of ether oxygens (including phenoxy) is 2. The van der Waals surface area contributed by atoms with E-state index in [9.17, 15) is 71.4 Å². The number of nitrogens with two attached hydrogens (primary N) is 2. The SMILES string of the molecule is Cc1ccc(S(=O)(=O)NC(=N)NCCC[C@H](NC(=O)[C@@H]2CCCN2C(=O)[C@H](C)NC(=O)[C@@H](NC(=O)[C@H](CC(N)=O)NC(=O)[C@H](CC(=O)OC2CCCCC2)NC(=O)[C@@H](N)CCCCNC(=O)OCc2ccccc2Cl)C(C)C)C(=O)N[C@@H](CO)C(=O)O)cc1. The summed E-state index contributed by atoms with van der Waals surface area (Å²) in [6.07, 6.45) is 1.99. The van der Waals surface area contributed by atoms with Gasteiger partial charge in [-0.2, -0.15) is 0 Å². The number of unbranched alkanes of at least 4 members (excludes halogenated alkanes) is 1. The zero-order chi connectivity index (χ0) is 66.0. The van der Waals surface area contributed by atoms with Crippen LogP contribution >= 0.6 is 11.6 Å². The summed E-state index contributed by atoms with van der Waals surface area (Å²) in [6, 6.07) is 0.747. The van der Waals surface area contributed by atoms with E-state index in [4.69, 9.17) is 38.0 Å². The van der Waals surface area contributed by atoms with Crippen LogP contribution in [0.3, 0.4) is 0 Å². The number of alkyl carbamates (subject to hydrolysis) is 1. The number of aliphatic hydroxyl groups is 1. The molecule has 2 aromatic rings. The molecule has 4 rings (SSSR count). The van der Waals surface area contributed by atoms with Gasteiger partial charge in [-0.25, -0.2) is 22.7 Å². The van der Waals surface area contributed by atoms with Crippen LogP contribution in [0, 0.1) is 18.3 Å². The van der Waals surface area contributed by atoms with Gasteiger partial charge in [0.05, 0.1) is 30.4 Å². The minimum absolute atomic E-state index is 0.00806. The molecule has 89 heavy (non-hydrogen) atoms. The number of carboxylic acids is 1. The lowest BCUT2D eigenvalue weighted by atomic mass is 9.98. The highest BCUT2D eigenvalue weighted by Gasteiger charge is 2.40. The summed E-state index contributed by atoms with van der Waals surface area (Å²) in [5.41, 5.74) is 13.1. The lowest BCUT2D eigenvalue weighted by molar-refractivity contribution is -0.152. The van der Waals surface area contributed by atoms with Crippen LogP contribution in [0.1, 0.15) is 122 Å². The normalized spacial score (nSPS) is 16.5. The average molecular weight is 1290 g/mol. The Morgan fingerprint density at radius 1 is 0.719 bits per heavy atom. The van der Waals surface area contributed by atoms with Crippen molar-refractivity contribution in [2.24, 2.45) is 17.4 Å². The second-order valence-corrected chi connectivity index (χ2v) is 24.2. The van der Waals surface area contributed by atoms with Gasteiger partial charge in [0.1, 0.15) is 55.0 Å². The van der Waals surface area contributed by atoms with Crippen molar-refractivity contribution in [2.45, 2.75) is 184 Å². The number of nitrogens with zero attached hydrogens (tertiary/aromatic N) is 1. The number of aliphatic carboxylic acids is 1. The number of hydrogen-bond donors (Lipinski definition) is 14. The summed E-state index contributed by atoms with van der Waals surface area (Å²) in [7, 11) is -4.13. The van der Waals surface area contributed by atoms with Crippen molar-refractivity contribution < 1.29 is 80.8 Å². The van der Waals surface area contributed by atoms with Gasteiger partial charge in [-0.1, -0.05) is 67.8 Å². The number of carbonyl (C=O) groups is 11. The number of amides is 9. The van der Waals surface area contributed by atoms with E-state index in [-0.39, 0.29) is 56.8 Å². The first-order chi connectivity index (χ1) is 42.1. The number of aryl methyl sites for hydroxylation is 1. The molecule has 30 nitrogen and oxygen atoms in total. The monoisotopic (exact) mass is 1290 g/mol. The second-order valence-electron chi connectivity index (χ2n) is 22.1. The van der Waals surface area contributed by atoms with Crippen molar-refractivity contribution >= 4 is 92.9 Å². The lowest BCUT2D eigenvalue weighted by Crippen LogP contribution is -2.61. The van der Waals surface area contributed by atoms with Crippen LogP contribution in [0.25, 0.3) is 0 Å². The highest BCUT2D eigenvalue weighted by molar-refractivity contribution is 7.90. The van der Waals surface area contributed by atoms with E-state index in [0.717, 1.165) is 29.7 Å². The maximum Gasteiger partial charge on any atom is 0.407 e. The van der Waals surface area contributed by atoms with E-state index in [1.165, 1.54) is 19.1 Å². The van der Waals surface area contributed by atoms with Gasteiger partial charge < -0.3 is 78.6 Å². The van der Waals surface area contributed by atoms with Gasteiger partial charge in [-0.05, 0) is 109 Å². The number of carbonyl (C=O) groups excluding carboxylic acids is 10. The number of benzene rings is 2. The summed E-state index contributed by atoms with van der Waals surface area (Å²) in [6.45, 7) is 5.17. The molecule has 0 bridgehead atoms. The molecule has 1 saturated carbocycles. The summed E-state index contributed by atoms with van der Waals surface area (Å²) in [4.78, 5) is 148. The summed E-state index contributed by atoms with van der Waals surface area (Å²) < 4.78 is 38.4. The molecule has 0 aromatic heterocycles. The number of aliphatic hydroxyl groups excluding tert-OH is 1. The molecule has 0 radical (unpaired) electrons. The molecule has 2 aliphatic rings. The molecule has 16 N–H and O–H groups in total. The third-order valence-corrected chi connectivity index (χ3v) is 16.3. The highest BCUT2D eigenvalue weighted by Crippen LogP contribution is 2.22. The highest BCUT2D eigenvalue weighted by atomic mass is 35.5. The molecule has 1 saturated heterocycles. The van der Waals surface area contributed by atoms with Gasteiger partial charge in [0.15, 0.2) is 0 Å². The smallest absolute Gasteiger partial charge is 0.407 e. The van der Waals surface area contributed by atoms with Gasteiger partial charge in [0.25, 0.3) is 10.0 Å². The first-order valence-electron chi connectivity index (χ1n) is 29.4. The largest absolute Gasteiger partial charge is 0.480 e. The molecular formula is C57H84ClN13O17S. The van der Waals surface area contributed by atoms with Crippen LogP contribution < -0.4 is 58.7 Å². The minimum Gasteiger partial charge on any atom is -0.480 e. The number of rotatable bonds is 34. The van der Waals surface area contributed by atoms with Crippen LogP contribution in [0.15, 0.2) is 53.4 Å². The topological polar surface area (TPSA) is 468 Å². The van der Waals surface area contributed by atoms with E-state index < -0.39 is 161 Å². The van der Waals surface area contributed by atoms with Crippen molar-refractivity contribution in [1.82, 2.24) is 52.2 Å². The van der Waals surface area contributed by atoms with Crippen molar-refractivity contribution in [3.63, 3.8) is 0 Å². The number of hydrogen-bond acceptors (Lipinski definition) is 18. The summed E-state index contributed by atoms with van der Waals surface area (Å²) in [5.74, 6) is -11.4. The molecule has 492 valence electrons. The molecular weight excluding hydrogens is 1210 g/mol. The number of guanidine groups is 1. The number of esters is 1. The third kappa shape index (κ3) is 24.7. The molecule has 0 spiro atoms. The number of sulfonamides is 1. The predicted molar refractivity (Wildman–Crippen MR) is 321 cm³/mol. The molecule has 2 aromatic carbocycles. The van der Waals surface area contributed by atoms with Crippen LogP contribution in [0.4, 0.5) is 4.79 Å². The Labute approximate surface area is 521 Å². The number of likely N-dealkylation sites (tertiary alicyclic amines) is 1. The fourth-order valence-corrected chi connectivity index (χ4v) is 10.7. The van der Waals surface area contributed by atoms with E-state index in [2.05, 4.69) is 47.3 Å². The van der Waals surface area contributed by atoms with Gasteiger partial charge in [0, 0.05) is 30.2 Å². The minimum atomic E-state index is -4.13. The fraction of sp³-hybridized carbons (Fsp3) is 0.579. The Morgan fingerprint density at radius 2 is 1.34 bits per heavy atom. The summed E-state index contributed by atoms with van der Waals surface area (Å²) >= 11 is 6.12. The van der Waals surface area contributed by atoms with Gasteiger partial charge in [-0.15, -0.1) is 0 Å². The molecule has 8 atom stereocenters. The van der Waals surface area contributed by atoms with Gasteiger partial charge in [0.2, 0.25) is 53.2 Å². The van der Waals surface area contributed by atoms with E-state index >= 15 is 0 Å². The van der Waals surface area contributed by atoms with Gasteiger partial charge >= 0.3 is 18.0 Å². The second kappa shape index (κ2) is 36.4. The first kappa shape index (κ1) is 73.3. The average Bonchev–Trinajstić information content (AvgIpc) is 3.05. The van der Waals surface area contributed by atoms with E-state index in [1.807, 2.05) is 0 Å². The Bertz CT molecular complexity index is 2930. The number of halogens is 1. The molecule has 2 fully saturated rings. The van der Waals surface area contributed by atoms with Crippen LogP contribution in [0.2, 0.25) is 5.02 Å². The molecule has 1 aliphatic heterocycles. The Hall–Kier alpha value is -8.16. The van der Waals surface area contributed by atoms with E-state index in [0.29, 0.717) is 42.7 Å². The fourth-order valence-electron chi connectivity index (χ4n) is 9.54. The molecule has 32 heteroatoms. The zero-order valence-electron chi connectivity index (χ0n) is 50.2. The van der Waals surface area contributed by atoms with Crippen molar-refractivity contribution in [3.8, 4) is 0 Å². The standard InChI is InChI=1S/C57H84ClN13O17S/c1-32(2)47(53(80)64-34(4)54(81)71-27-13-20-44(71)52(79)65-40(49(76)68-43(30-72)55(82)83)19-12-26-62-56(61)70-89(85,86)37-23-21-33(3)22-24-37)69-51(78)41(28-45(60)73)67-50(77)42(29-46(74)88-36-15-6-5-7-16-36)66-48(75)39(59)18-10-11-25-63-57(84)87-31-35-14-8-9-17-38(35)58/h8-9,14,17,21-24,32,34,36,39-44,47,72H,5-7,10-13,15-16,18-20,25-31,59H2,1-4H3,(H2,60,73)(H,63,84)(H,64,80)(H,65,79)(H,66,75)(H,67,77)(H,68,76)(H,69,78)(H,82,83)(H3,61,62,70)/t34-,39-,40-,41-,42-,43-,44-,47-/m0/s1. The van der Waals surface area contributed by atoms with Crippen LogP contribution in [-0.4, -0.2) is 175 Å². The quantitative estimate of drug-likeness (QED) is 0.0181. The van der Waals surface area contributed by atoms with Crippen LogP contribution in [-0.2, 0) is 74.0 Å². The Morgan fingerprint density at radius 3 is 1.98 bits per heavy atom. The van der Waals surface area contributed by atoms with Crippen molar-refractivity contribution in [1.29, 1.82) is 5.41 Å². The molecule has 9 amide bonds. The predicted octanol–water partition coefficient (Wildman–Crippen LogP) is -0.551. The Balaban J connectivity index is 1.39. The number of nitrogens with one attached hydrogen (secondary N) is 10. The molecule has 1 aliphatic carbocycles. The Kier molecular flexibility index (Phi) is 29.9. The number of carboxylic acid groups (broad SMARTS) is 1. The summed E-state index contributed by atoms with van der Waals surface area (Å²) in [5, 5.41) is 47.3. The van der Waals surface area contributed by atoms with E-state index in [1.54, 1.807) is 57.2 Å². The molecule has 1 heterocycles. The first-order valence-corrected chi connectivity index (χ1v) is 31.2. The molecule has 0 unspecified atom stereocenters. The van der Waals surface area contributed by atoms with Gasteiger partial charge in [-0.3, -0.25) is 48.6 Å². The van der Waals surface area contributed by atoms with Crippen molar-refractivity contribution in [3.05, 3.63) is 64.7 Å². The third-order valence-electron chi connectivity index (χ3n) is 14.5. The number of primary amides is 1.